The first-order valence-corrected chi connectivity index (χ1v) is 8.53. The standard InChI is InChI=1S/C22H22N2O2/c1-22(2,3)20-15-17(12-13-23-20)24-21(25)16-8-7-11-19(14-16)26-18-9-5-4-6-10-18/h4-15H,1-3H3,(H,23,24,25). The molecule has 0 radical (unpaired) electrons. The van der Waals surface area contributed by atoms with E-state index >= 15 is 0 Å². The molecule has 0 saturated heterocycles. The predicted octanol–water partition coefficient (Wildman–Crippen LogP) is 5.42. The highest BCUT2D eigenvalue weighted by Crippen LogP contribution is 2.24. The van der Waals surface area contributed by atoms with Crippen molar-refractivity contribution in [3.63, 3.8) is 0 Å². The van der Waals surface area contributed by atoms with Gasteiger partial charge in [0.25, 0.3) is 5.91 Å². The van der Waals surface area contributed by atoms with E-state index in [0.717, 1.165) is 17.1 Å². The third-order valence-electron chi connectivity index (χ3n) is 3.86. The Bertz CT molecular complexity index is 899. The number of benzene rings is 2. The van der Waals surface area contributed by atoms with E-state index in [0.29, 0.717) is 11.3 Å². The lowest BCUT2D eigenvalue weighted by atomic mass is 9.91. The summed E-state index contributed by atoms with van der Waals surface area (Å²) in [4.78, 5) is 17.0. The summed E-state index contributed by atoms with van der Waals surface area (Å²) in [7, 11) is 0. The highest BCUT2D eigenvalue weighted by atomic mass is 16.5. The Balaban J connectivity index is 1.75. The van der Waals surface area contributed by atoms with E-state index in [1.165, 1.54) is 0 Å². The molecule has 1 amide bonds. The van der Waals surface area contributed by atoms with Crippen LogP contribution in [-0.4, -0.2) is 10.9 Å². The van der Waals surface area contributed by atoms with Gasteiger partial charge in [-0.25, -0.2) is 0 Å². The monoisotopic (exact) mass is 346 g/mol. The molecule has 0 aliphatic heterocycles. The van der Waals surface area contributed by atoms with Crippen LogP contribution in [-0.2, 0) is 5.41 Å². The molecule has 3 rings (SSSR count). The Morgan fingerprint density at radius 3 is 2.38 bits per heavy atom. The number of ether oxygens (including phenoxy) is 1. The maximum absolute atomic E-state index is 12.6. The van der Waals surface area contributed by atoms with E-state index in [9.17, 15) is 4.79 Å². The minimum absolute atomic E-state index is 0.0792. The number of pyridine rings is 1. The minimum atomic E-state index is -0.186. The van der Waals surface area contributed by atoms with Gasteiger partial charge in [-0.2, -0.15) is 0 Å². The van der Waals surface area contributed by atoms with Gasteiger partial charge in [-0.3, -0.25) is 9.78 Å². The van der Waals surface area contributed by atoms with Crippen LogP contribution in [0.15, 0.2) is 72.9 Å². The normalized spacial score (nSPS) is 11.0. The zero-order valence-corrected chi connectivity index (χ0v) is 15.2. The Morgan fingerprint density at radius 2 is 1.65 bits per heavy atom. The lowest BCUT2D eigenvalue weighted by Crippen LogP contribution is -2.16. The highest BCUT2D eigenvalue weighted by molar-refractivity contribution is 6.04. The molecule has 132 valence electrons. The van der Waals surface area contributed by atoms with Gasteiger partial charge in [0.15, 0.2) is 0 Å². The number of anilines is 1. The first kappa shape index (κ1) is 17.7. The topological polar surface area (TPSA) is 51.2 Å². The van der Waals surface area contributed by atoms with Gasteiger partial charge in [-0.15, -0.1) is 0 Å². The van der Waals surface area contributed by atoms with Crippen molar-refractivity contribution in [2.24, 2.45) is 0 Å². The van der Waals surface area contributed by atoms with Crippen LogP contribution < -0.4 is 10.1 Å². The summed E-state index contributed by atoms with van der Waals surface area (Å²) in [6.07, 6.45) is 1.71. The quantitative estimate of drug-likeness (QED) is 0.686. The van der Waals surface area contributed by atoms with Gasteiger partial charge in [-0.1, -0.05) is 45.0 Å². The van der Waals surface area contributed by atoms with Crippen LogP contribution >= 0.6 is 0 Å². The van der Waals surface area contributed by atoms with Crippen molar-refractivity contribution in [1.82, 2.24) is 4.98 Å². The first-order valence-electron chi connectivity index (χ1n) is 8.53. The number of hydrogen-bond acceptors (Lipinski definition) is 3. The summed E-state index contributed by atoms with van der Waals surface area (Å²) in [5.41, 5.74) is 2.11. The SMILES string of the molecule is CC(C)(C)c1cc(NC(=O)c2cccc(Oc3ccccc3)c2)ccn1. The molecule has 1 heterocycles. The average Bonchev–Trinajstić information content (AvgIpc) is 2.62. The number of para-hydroxylation sites is 1. The molecule has 1 N–H and O–H groups in total. The molecule has 0 fully saturated rings. The molecule has 1 aromatic heterocycles. The van der Waals surface area contributed by atoms with E-state index in [-0.39, 0.29) is 11.3 Å². The zero-order chi connectivity index (χ0) is 18.6. The Hall–Kier alpha value is -3.14. The lowest BCUT2D eigenvalue weighted by Gasteiger charge is -2.18. The summed E-state index contributed by atoms with van der Waals surface area (Å²) < 4.78 is 5.79. The molecular formula is C22H22N2O2. The van der Waals surface area contributed by atoms with Crippen molar-refractivity contribution in [2.45, 2.75) is 26.2 Å². The molecule has 0 saturated carbocycles. The van der Waals surface area contributed by atoms with Crippen molar-refractivity contribution >= 4 is 11.6 Å². The smallest absolute Gasteiger partial charge is 0.255 e. The number of rotatable bonds is 4. The maximum atomic E-state index is 12.6. The van der Waals surface area contributed by atoms with Gasteiger partial charge in [0.2, 0.25) is 0 Å². The van der Waals surface area contributed by atoms with Crippen LogP contribution in [0, 0.1) is 0 Å². The number of nitrogens with one attached hydrogen (secondary N) is 1. The number of nitrogens with zero attached hydrogens (tertiary/aromatic N) is 1. The van der Waals surface area contributed by atoms with Crippen molar-refractivity contribution in [2.75, 3.05) is 5.32 Å². The number of hydrogen-bond donors (Lipinski definition) is 1. The second-order valence-electron chi connectivity index (χ2n) is 7.08. The van der Waals surface area contributed by atoms with Gasteiger partial charge in [0.1, 0.15) is 11.5 Å². The second-order valence-corrected chi connectivity index (χ2v) is 7.08. The summed E-state index contributed by atoms with van der Waals surface area (Å²) in [5.74, 6) is 1.16. The van der Waals surface area contributed by atoms with E-state index in [1.54, 1.807) is 30.5 Å². The maximum Gasteiger partial charge on any atom is 0.255 e. The lowest BCUT2D eigenvalue weighted by molar-refractivity contribution is 0.102. The molecule has 3 aromatic rings. The average molecular weight is 346 g/mol. The van der Waals surface area contributed by atoms with E-state index in [2.05, 4.69) is 31.1 Å². The fraction of sp³-hybridized carbons (Fsp3) is 0.182. The van der Waals surface area contributed by atoms with Crippen LogP contribution in [0.5, 0.6) is 11.5 Å². The second kappa shape index (κ2) is 7.40. The van der Waals surface area contributed by atoms with Gasteiger partial charge < -0.3 is 10.1 Å². The zero-order valence-electron chi connectivity index (χ0n) is 15.2. The van der Waals surface area contributed by atoms with E-state index in [1.807, 2.05) is 42.5 Å². The first-order chi connectivity index (χ1) is 12.4. The third-order valence-corrected chi connectivity index (χ3v) is 3.86. The number of aromatic nitrogens is 1. The van der Waals surface area contributed by atoms with Gasteiger partial charge in [0.05, 0.1) is 0 Å². The Labute approximate surface area is 153 Å². The molecule has 4 nitrogen and oxygen atoms in total. The molecule has 0 spiro atoms. The molecule has 0 aliphatic rings. The van der Waals surface area contributed by atoms with Crippen molar-refractivity contribution < 1.29 is 9.53 Å². The highest BCUT2D eigenvalue weighted by Gasteiger charge is 2.16. The predicted molar refractivity (Wildman–Crippen MR) is 104 cm³/mol. The summed E-state index contributed by atoms with van der Waals surface area (Å²) >= 11 is 0. The molecule has 4 heteroatoms. The number of carbonyl (C=O) groups excluding carboxylic acids is 1. The fourth-order valence-electron chi connectivity index (χ4n) is 2.45. The summed E-state index contributed by atoms with van der Waals surface area (Å²) in [6, 6.07) is 20.3. The third kappa shape index (κ3) is 4.48. The molecular weight excluding hydrogens is 324 g/mol. The Kier molecular flexibility index (Phi) is 5.03. The van der Waals surface area contributed by atoms with Crippen LogP contribution in [0.25, 0.3) is 0 Å². The molecule has 26 heavy (non-hydrogen) atoms. The molecule has 0 bridgehead atoms. The summed E-state index contributed by atoms with van der Waals surface area (Å²) in [6.45, 7) is 6.27. The van der Waals surface area contributed by atoms with Crippen LogP contribution in [0.4, 0.5) is 5.69 Å². The Morgan fingerprint density at radius 1 is 0.923 bits per heavy atom. The van der Waals surface area contributed by atoms with E-state index < -0.39 is 0 Å². The minimum Gasteiger partial charge on any atom is -0.457 e. The largest absolute Gasteiger partial charge is 0.457 e. The van der Waals surface area contributed by atoms with Gasteiger partial charge in [0, 0.05) is 28.6 Å². The van der Waals surface area contributed by atoms with Crippen molar-refractivity contribution in [3.8, 4) is 11.5 Å². The van der Waals surface area contributed by atoms with Gasteiger partial charge in [-0.05, 0) is 42.5 Å². The molecule has 0 aliphatic carbocycles. The van der Waals surface area contributed by atoms with Crippen LogP contribution in [0.3, 0.4) is 0 Å². The van der Waals surface area contributed by atoms with Gasteiger partial charge >= 0.3 is 0 Å². The summed E-state index contributed by atoms with van der Waals surface area (Å²) in [5, 5.41) is 2.93. The number of amides is 1. The van der Waals surface area contributed by atoms with Crippen molar-refractivity contribution in [3.05, 3.63) is 84.2 Å². The van der Waals surface area contributed by atoms with E-state index in [4.69, 9.17) is 4.74 Å². The van der Waals surface area contributed by atoms with Crippen LogP contribution in [0.1, 0.15) is 36.8 Å². The molecule has 2 aromatic carbocycles. The van der Waals surface area contributed by atoms with Crippen molar-refractivity contribution in [1.29, 1.82) is 0 Å². The van der Waals surface area contributed by atoms with Crippen LogP contribution in [0.2, 0.25) is 0 Å². The molecule has 0 atom stereocenters. The number of carbonyl (C=O) groups is 1. The molecule has 0 unspecified atom stereocenters. The fourth-order valence-corrected chi connectivity index (χ4v) is 2.45.